The van der Waals surface area contributed by atoms with Crippen LogP contribution in [-0.4, -0.2) is 44.7 Å². The molecule has 0 amide bonds. The summed E-state index contributed by atoms with van der Waals surface area (Å²) in [6.07, 6.45) is 2.50. The van der Waals surface area contributed by atoms with Gasteiger partial charge in [0.05, 0.1) is 11.3 Å². The van der Waals surface area contributed by atoms with Gasteiger partial charge >= 0.3 is 0 Å². The van der Waals surface area contributed by atoms with Crippen molar-refractivity contribution in [3.05, 3.63) is 11.9 Å². The fourth-order valence-corrected chi connectivity index (χ4v) is 1.88. The second kappa shape index (κ2) is 5.13. The number of nitrogens with one attached hydrogen (secondary N) is 2. The maximum absolute atomic E-state index is 7.32. The molecule has 90 valence electrons. The number of hydrogen-bond donors (Lipinski definition) is 1. The summed E-state index contributed by atoms with van der Waals surface area (Å²) >= 11 is 0. The van der Waals surface area contributed by atoms with Crippen LogP contribution < -0.4 is 15.1 Å². The smallest absolute Gasteiger partial charge is 0.256 e. The first kappa shape index (κ1) is 11.2. The molecule has 7 heteroatoms. The first-order chi connectivity index (χ1) is 7.81. The molecule has 1 atom stereocenters. The lowest BCUT2D eigenvalue weighted by Gasteiger charge is -2.29. The van der Waals surface area contributed by atoms with Crippen LogP contribution in [0.4, 0.5) is 5.88 Å². The lowest BCUT2D eigenvalue weighted by molar-refractivity contribution is -0.762. The molecular formula is C9H17N5O2. The molecule has 16 heavy (non-hydrogen) atoms. The van der Waals surface area contributed by atoms with Crippen LogP contribution in [0.15, 0.2) is 10.7 Å². The van der Waals surface area contributed by atoms with Crippen molar-refractivity contribution in [2.75, 3.05) is 38.4 Å². The van der Waals surface area contributed by atoms with Crippen LogP contribution in [0.2, 0.25) is 0 Å². The second-order valence-electron chi connectivity index (χ2n) is 3.79. The third kappa shape index (κ3) is 2.42. The van der Waals surface area contributed by atoms with Gasteiger partial charge in [-0.1, -0.05) is 0 Å². The zero-order valence-electron chi connectivity index (χ0n) is 9.35. The van der Waals surface area contributed by atoms with Crippen LogP contribution in [0.1, 0.15) is 6.42 Å². The van der Waals surface area contributed by atoms with Crippen molar-refractivity contribution in [3.63, 3.8) is 0 Å². The van der Waals surface area contributed by atoms with Crippen LogP contribution >= 0.6 is 0 Å². The molecule has 1 unspecified atom stereocenters. The van der Waals surface area contributed by atoms with Crippen molar-refractivity contribution in [1.82, 2.24) is 10.6 Å². The van der Waals surface area contributed by atoms with Crippen LogP contribution in [0.3, 0.4) is 0 Å². The van der Waals surface area contributed by atoms with E-state index in [1.807, 2.05) is 0 Å². The second-order valence-corrected chi connectivity index (χ2v) is 3.79. The molecule has 2 rings (SSSR count). The summed E-state index contributed by atoms with van der Waals surface area (Å²) in [5.41, 5.74) is 7.32. The van der Waals surface area contributed by atoms with E-state index in [9.17, 15) is 0 Å². The number of methoxy groups -OCH3 is 1. The molecule has 2 heterocycles. The molecule has 7 nitrogen and oxygen atoms in total. The van der Waals surface area contributed by atoms with Gasteiger partial charge in [0.2, 0.25) is 5.27 Å². The van der Waals surface area contributed by atoms with E-state index in [4.69, 9.17) is 15.0 Å². The Kier molecular flexibility index (Phi) is 3.58. The summed E-state index contributed by atoms with van der Waals surface area (Å²) in [4.78, 5) is 1.61. The molecule has 0 spiro atoms. The Morgan fingerprint density at radius 3 is 3.38 bits per heavy atom. The monoisotopic (exact) mass is 227 g/mol. The first-order valence-electron chi connectivity index (χ1n) is 5.38. The standard InChI is InChI=1S/C9H17N5O2/c1-15-5-2-8-6-11-3-4-13(8)14-7-9(10)16-12-14/h7-8,10-11H,2-6H2,1H3. The van der Waals surface area contributed by atoms with Gasteiger partial charge in [-0.05, 0) is 6.42 Å². The molecule has 2 N–H and O–H groups in total. The Morgan fingerprint density at radius 1 is 1.81 bits per heavy atom. The van der Waals surface area contributed by atoms with E-state index in [-0.39, 0.29) is 5.88 Å². The highest BCUT2D eigenvalue weighted by Gasteiger charge is 2.30. The molecule has 1 aromatic rings. The van der Waals surface area contributed by atoms with Crippen LogP contribution in [0, 0.1) is 0 Å². The van der Waals surface area contributed by atoms with E-state index >= 15 is 0 Å². The minimum absolute atomic E-state index is 0.0732. The molecule has 1 fully saturated rings. The van der Waals surface area contributed by atoms with Crippen LogP contribution in [0.5, 0.6) is 0 Å². The quantitative estimate of drug-likeness (QED) is 0.708. The Labute approximate surface area is 94.1 Å². The molecule has 0 aliphatic carbocycles. The van der Waals surface area contributed by atoms with Crippen molar-refractivity contribution in [2.24, 2.45) is 0 Å². The molecule has 1 aromatic heterocycles. The third-order valence-corrected chi connectivity index (χ3v) is 2.69. The van der Waals surface area contributed by atoms with Gasteiger partial charge in [-0.2, -0.15) is 0 Å². The van der Waals surface area contributed by atoms with Gasteiger partial charge in [0.15, 0.2) is 0 Å². The minimum atomic E-state index is 0.0732. The van der Waals surface area contributed by atoms with Crippen molar-refractivity contribution in [1.29, 1.82) is 0 Å². The Bertz CT molecular complexity index is 329. The Hall–Kier alpha value is -1.34. The van der Waals surface area contributed by atoms with Crippen molar-refractivity contribution < 1.29 is 14.1 Å². The largest absolute Gasteiger partial charge is 0.660 e. The number of nitrogens with zero attached hydrogens (tertiary/aromatic N) is 3. The molecule has 0 saturated carbocycles. The van der Waals surface area contributed by atoms with Gasteiger partial charge in [0.1, 0.15) is 11.9 Å². The Morgan fingerprint density at radius 2 is 2.69 bits per heavy atom. The molecule has 1 aliphatic heterocycles. The van der Waals surface area contributed by atoms with Gasteiger partial charge in [0, 0.05) is 26.8 Å². The number of hydrogen-bond acceptors (Lipinski definition) is 5. The van der Waals surface area contributed by atoms with Crippen LogP contribution in [-0.2, 0) is 4.74 Å². The lowest BCUT2D eigenvalue weighted by Crippen LogP contribution is -2.69. The van der Waals surface area contributed by atoms with E-state index in [0.29, 0.717) is 6.04 Å². The maximum atomic E-state index is 7.32. The number of aromatic nitrogens is 2. The van der Waals surface area contributed by atoms with Crippen molar-refractivity contribution in [2.45, 2.75) is 12.5 Å². The molecule has 1 aliphatic rings. The van der Waals surface area contributed by atoms with E-state index < -0.39 is 0 Å². The van der Waals surface area contributed by atoms with Crippen LogP contribution in [0.25, 0.3) is 5.73 Å². The summed E-state index contributed by atoms with van der Waals surface area (Å²) in [5, 5.41) is 9.24. The van der Waals surface area contributed by atoms with Gasteiger partial charge < -0.3 is 20.3 Å². The highest BCUT2D eigenvalue weighted by molar-refractivity contribution is 5.19. The minimum Gasteiger partial charge on any atom is -0.660 e. The zero-order valence-corrected chi connectivity index (χ0v) is 9.35. The fourth-order valence-electron chi connectivity index (χ4n) is 1.88. The summed E-state index contributed by atoms with van der Waals surface area (Å²) in [7, 11) is 1.70. The zero-order chi connectivity index (χ0) is 11.4. The van der Waals surface area contributed by atoms with E-state index in [0.717, 1.165) is 32.7 Å². The number of piperazine rings is 1. The number of ether oxygens (including phenoxy) is 1. The average Bonchev–Trinajstić information content (AvgIpc) is 2.73. The fraction of sp³-hybridized carbons (Fsp3) is 0.778. The summed E-state index contributed by atoms with van der Waals surface area (Å²) in [6, 6.07) is 0.322. The highest BCUT2D eigenvalue weighted by Crippen LogP contribution is 2.06. The van der Waals surface area contributed by atoms with E-state index in [1.165, 1.54) is 0 Å². The van der Waals surface area contributed by atoms with Gasteiger partial charge in [0.25, 0.3) is 6.20 Å². The number of rotatable bonds is 4. The van der Waals surface area contributed by atoms with E-state index in [1.54, 1.807) is 18.1 Å². The summed E-state index contributed by atoms with van der Waals surface area (Å²) in [6.45, 7) is 3.38. The average molecular weight is 227 g/mol. The molecular weight excluding hydrogens is 210 g/mol. The lowest BCUT2D eigenvalue weighted by atomic mass is 10.1. The molecule has 0 aromatic carbocycles. The SMILES string of the molecule is COCCC1CNCCN1[n+]1cc([NH-])on1. The predicted octanol–water partition coefficient (Wildman–Crippen LogP) is -0.408. The highest BCUT2D eigenvalue weighted by atomic mass is 16.5. The molecule has 0 radical (unpaired) electrons. The summed E-state index contributed by atoms with van der Waals surface area (Å²) < 4.78 is 9.85. The molecule has 1 saturated heterocycles. The van der Waals surface area contributed by atoms with Gasteiger partial charge in [-0.15, -0.1) is 5.01 Å². The van der Waals surface area contributed by atoms with Gasteiger partial charge in [-0.25, -0.2) is 0 Å². The van der Waals surface area contributed by atoms with Crippen molar-refractivity contribution in [3.8, 4) is 0 Å². The predicted molar refractivity (Wildman–Crippen MR) is 56.9 cm³/mol. The van der Waals surface area contributed by atoms with Gasteiger partial charge in [-0.3, -0.25) is 0 Å². The topological polar surface area (TPSA) is 78.2 Å². The third-order valence-electron chi connectivity index (χ3n) is 2.69. The van der Waals surface area contributed by atoms with Crippen molar-refractivity contribution >= 4 is 5.88 Å². The Balaban J connectivity index is 2.04. The van der Waals surface area contributed by atoms with E-state index in [2.05, 4.69) is 15.6 Å². The first-order valence-corrected chi connectivity index (χ1v) is 5.38. The summed E-state index contributed by atoms with van der Waals surface area (Å²) in [5.74, 6) is 0.0732. The maximum Gasteiger partial charge on any atom is 0.256 e. The molecule has 0 bridgehead atoms. The normalized spacial score (nSPS) is 21.3.